The zero-order valence-corrected chi connectivity index (χ0v) is 10.1. The van der Waals surface area contributed by atoms with Gasteiger partial charge in [-0.2, -0.15) is 0 Å². The summed E-state index contributed by atoms with van der Waals surface area (Å²) in [6.45, 7) is 1.47. The summed E-state index contributed by atoms with van der Waals surface area (Å²) in [5.41, 5.74) is 0.296. The Morgan fingerprint density at radius 2 is 1.94 bits per heavy atom. The van der Waals surface area contributed by atoms with Crippen molar-refractivity contribution in [2.24, 2.45) is 0 Å². The van der Waals surface area contributed by atoms with E-state index in [-0.39, 0.29) is 5.56 Å². The molecule has 1 aromatic rings. The number of rotatable bonds is 4. The monoisotopic (exact) mass is 257 g/mol. The van der Waals surface area contributed by atoms with Crippen LogP contribution in [0.2, 0.25) is 5.02 Å². The van der Waals surface area contributed by atoms with Crippen molar-refractivity contribution in [3.63, 3.8) is 0 Å². The Hall–Kier alpha value is -1.75. The first kappa shape index (κ1) is 13.3. The summed E-state index contributed by atoms with van der Waals surface area (Å²) in [4.78, 5) is 23.3. The van der Waals surface area contributed by atoms with Crippen LogP contribution >= 0.6 is 11.6 Å². The van der Waals surface area contributed by atoms with Gasteiger partial charge in [0.2, 0.25) is 0 Å². The van der Waals surface area contributed by atoms with E-state index in [1.807, 2.05) is 0 Å². The summed E-state index contributed by atoms with van der Waals surface area (Å²) in [7, 11) is 1.52. The molecule has 1 aromatic carbocycles. The van der Waals surface area contributed by atoms with E-state index in [0.717, 1.165) is 0 Å². The van der Waals surface area contributed by atoms with E-state index >= 15 is 0 Å². The van der Waals surface area contributed by atoms with Crippen molar-refractivity contribution in [2.45, 2.75) is 13.0 Å². The van der Waals surface area contributed by atoms with Crippen molar-refractivity contribution < 1.29 is 19.8 Å². The number of nitrogens with zero attached hydrogens (tertiary/aromatic N) is 1. The van der Waals surface area contributed by atoms with Crippen LogP contribution in [0.1, 0.15) is 17.3 Å². The van der Waals surface area contributed by atoms with Gasteiger partial charge in [-0.25, -0.2) is 9.59 Å². The molecule has 0 aliphatic carbocycles. The van der Waals surface area contributed by atoms with Crippen LogP contribution in [0.15, 0.2) is 18.2 Å². The minimum Gasteiger partial charge on any atom is -0.480 e. The highest BCUT2D eigenvalue weighted by Crippen LogP contribution is 2.25. The zero-order valence-electron chi connectivity index (χ0n) is 9.35. The number of aliphatic carboxylic acids is 1. The Balaban J connectivity index is 3.21. The number of carbonyl (C=O) groups is 2. The van der Waals surface area contributed by atoms with Crippen LogP contribution in [0.3, 0.4) is 0 Å². The van der Waals surface area contributed by atoms with E-state index < -0.39 is 18.0 Å². The third-order valence-corrected chi connectivity index (χ3v) is 2.74. The predicted molar refractivity (Wildman–Crippen MR) is 63.9 cm³/mol. The molecule has 0 aliphatic heterocycles. The summed E-state index contributed by atoms with van der Waals surface area (Å²) in [6.07, 6.45) is 0. The van der Waals surface area contributed by atoms with Gasteiger partial charge in [0.25, 0.3) is 0 Å². The number of anilines is 1. The van der Waals surface area contributed by atoms with Gasteiger partial charge in [0, 0.05) is 12.1 Å². The second kappa shape index (κ2) is 5.05. The SMILES string of the molecule is CC(C(=O)O)N(C)c1ccc(Cl)cc1C(=O)O. The van der Waals surface area contributed by atoms with Crippen molar-refractivity contribution >= 4 is 29.2 Å². The molecule has 0 bridgehead atoms. The van der Waals surface area contributed by atoms with Crippen molar-refractivity contribution in [1.29, 1.82) is 0 Å². The van der Waals surface area contributed by atoms with Gasteiger partial charge in [0.05, 0.1) is 11.3 Å². The summed E-state index contributed by atoms with van der Waals surface area (Å²) in [6, 6.07) is 3.48. The third-order valence-electron chi connectivity index (χ3n) is 2.51. The van der Waals surface area contributed by atoms with Crippen molar-refractivity contribution in [1.82, 2.24) is 0 Å². The number of hydrogen-bond donors (Lipinski definition) is 2. The number of hydrogen-bond acceptors (Lipinski definition) is 3. The lowest BCUT2D eigenvalue weighted by molar-refractivity contribution is -0.138. The number of carboxylic acids is 2. The Bertz CT molecular complexity index is 461. The number of likely N-dealkylation sites (N-methyl/N-ethyl adjacent to an activating group) is 1. The summed E-state index contributed by atoms with van der Waals surface area (Å²) in [5.74, 6) is -2.18. The fourth-order valence-electron chi connectivity index (χ4n) is 1.36. The topological polar surface area (TPSA) is 77.8 Å². The molecule has 0 amide bonds. The highest BCUT2D eigenvalue weighted by molar-refractivity contribution is 6.31. The van der Waals surface area contributed by atoms with Gasteiger partial charge in [0.1, 0.15) is 6.04 Å². The molecular formula is C11H12ClNO4. The second-order valence-corrected chi connectivity index (χ2v) is 4.03. The van der Waals surface area contributed by atoms with Crippen molar-refractivity contribution in [3.05, 3.63) is 28.8 Å². The van der Waals surface area contributed by atoms with E-state index in [1.54, 1.807) is 0 Å². The maximum atomic E-state index is 11.0. The second-order valence-electron chi connectivity index (χ2n) is 3.59. The molecule has 0 aliphatic rings. The average molecular weight is 258 g/mol. The van der Waals surface area contributed by atoms with E-state index in [4.69, 9.17) is 21.8 Å². The first-order chi connectivity index (χ1) is 7.84. The van der Waals surface area contributed by atoms with Crippen LogP contribution < -0.4 is 4.90 Å². The maximum absolute atomic E-state index is 11.0. The molecule has 0 spiro atoms. The smallest absolute Gasteiger partial charge is 0.337 e. The van der Waals surface area contributed by atoms with Gasteiger partial charge in [-0.1, -0.05) is 11.6 Å². The fraction of sp³-hybridized carbons (Fsp3) is 0.273. The zero-order chi connectivity index (χ0) is 13.2. The average Bonchev–Trinajstić information content (AvgIpc) is 2.26. The largest absolute Gasteiger partial charge is 0.480 e. The minimum atomic E-state index is -1.15. The van der Waals surface area contributed by atoms with Crippen LogP contribution in [0.25, 0.3) is 0 Å². The first-order valence-electron chi connectivity index (χ1n) is 4.83. The molecule has 5 nitrogen and oxygen atoms in total. The lowest BCUT2D eigenvalue weighted by Crippen LogP contribution is -2.36. The predicted octanol–water partition coefficient (Wildman–Crippen LogP) is 1.95. The number of aromatic carboxylic acids is 1. The van der Waals surface area contributed by atoms with E-state index in [0.29, 0.717) is 10.7 Å². The molecule has 0 radical (unpaired) electrons. The van der Waals surface area contributed by atoms with Gasteiger partial charge in [-0.15, -0.1) is 0 Å². The Kier molecular flexibility index (Phi) is 3.96. The Morgan fingerprint density at radius 1 is 1.35 bits per heavy atom. The number of benzene rings is 1. The van der Waals surface area contributed by atoms with Crippen LogP contribution in [0, 0.1) is 0 Å². The molecular weight excluding hydrogens is 246 g/mol. The number of halogens is 1. The maximum Gasteiger partial charge on any atom is 0.337 e. The van der Waals surface area contributed by atoms with Crippen molar-refractivity contribution in [2.75, 3.05) is 11.9 Å². The van der Waals surface area contributed by atoms with E-state index in [1.165, 1.54) is 37.1 Å². The van der Waals surface area contributed by atoms with Gasteiger partial charge < -0.3 is 15.1 Å². The number of carboxylic acid groups (broad SMARTS) is 2. The highest BCUT2D eigenvalue weighted by atomic mass is 35.5. The fourth-order valence-corrected chi connectivity index (χ4v) is 1.53. The van der Waals surface area contributed by atoms with Gasteiger partial charge in [-0.05, 0) is 25.1 Å². The molecule has 0 heterocycles. The molecule has 0 saturated heterocycles. The first-order valence-corrected chi connectivity index (χ1v) is 5.21. The summed E-state index contributed by atoms with van der Waals surface area (Å²) >= 11 is 5.71. The van der Waals surface area contributed by atoms with Crippen LogP contribution in [0.5, 0.6) is 0 Å². The molecule has 0 fully saturated rings. The minimum absolute atomic E-state index is 0.0203. The Labute approximate surface area is 103 Å². The van der Waals surface area contributed by atoms with Crippen LogP contribution in [-0.2, 0) is 4.79 Å². The Morgan fingerprint density at radius 3 is 2.41 bits per heavy atom. The molecule has 0 saturated carbocycles. The molecule has 1 unspecified atom stereocenters. The lowest BCUT2D eigenvalue weighted by Gasteiger charge is -2.25. The van der Waals surface area contributed by atoms with Gasteiger partial charge in [0.15, 0.2) is 0 Å². The van der Waals surface area contributed by atoms with Crippen LogP contribution in [-0.4, -0.2) is 35.2 Å². The van der Waals surface area contributed by atoms with Gasteiger partial charge in [-0.3, -0.25) is 0 Å². The molecule has 2 N–H and O–H groups in total. The standard InChI is InChI=1S/C11H12ClNO4/c1-6(10(14)15)13(2)9-4-3-7(12)5-8(9)11(16)17/h3-6H,1-2H3,(H,14,15)(H,16,17). The van der Waals surface area contributed by atoms with Crippen LogP contribution in [0.4, 0.5) is 5.69 Å². The summed E-state index contributed by atoms with van der Waals surface area (Å²) in [5, 5.41) is 18.2. The molecule has 6 heteroatoms. The van der Waals surface area contributed by atoms with Gasteiger partial charge >= 0.3 is 11.9 Å². The van der Waals surface area contributed by atoms with Crippen molar-refractivity contribution in [3.8, 4) is 0 Å². The van der Waals surface area contributed by atoms with E-state index in [2.05, 4.69) is 0 Å². The quantitative estimate of drug-likeness (QED) is 0.862. The normalized spacial score (nSPS) is 11.9. The highest BCUT2D eigenvalue weighted by Gasteiger charge is 2.21. The molecule has 17 heavy (non-hydrogen) atoms. The molecule has 1 atom stereocenters. The molecule has 92 valence electrons. The lowest BCUT2D eigenvalue weighted by atomic mass is 10.1. The molecule has 0 aromatic heterocycles. The molecule has 1 rings (SSSR count). The third kappa shape index (κ3) is 2.88. The summed E-state index contributed by atoms with van der Waals surface area (Å²) < 4.78 is 0. The van der Waals surface area contributed by atoms with E-state index in [9.17, 15) is 9.59 Å².